The normalized spacial score (nSPS) is 17.8. The first-order valence-electron chi connectivity index (χ1n) is 11.0. The van der Waals surface area contributed by atoms with Crippen molar-refractivity contribution in [1.29, 1.82) is 0 Å². The molecule has 198 valence electrons. The number of hydrogen-bond acceptors (Lipinski definition) is 3. The van der Waals surface area contributed by atoms with E-state index in [4.69, 9.17) is 11.6 Å². The molecule has 0 radical (unpaired) electrons. The number of anilines is 1. The number of hydrogen-bond donors (Lipinski definition) is 0. The lowest BCUT2D eigenvalue weighted by atomic mass is 9.76. The van der Waals surface area contributed by atoms with Gasteiger partial charge in [0.25, 0.3) is 0 Å². The van der Waals surface area contributed by atoms with E-state index in [1.807, 2.05) is 0 Å². The number of carbonyl (C=O) groups is 2. The Labute approximate surface area is 217 Å². The summed E-state index contributed by atoms with van der Waals surface area (Å²) >= 11 is 5.99. The zero-order valence-corrected chi connectivity index (χ0v) is 20.3. The number of rotatable bonds is 3. The zero-order chi connectivity index (χ0) is 27.9. The lowest BCUT2D eigenvalue weighted by Crippen LogP contribution is -2.50. The van der Waals surface area contributed by atoms with Crippen LogP contribution < -0.4 is 4.90 Å². The molecule has 1 aliphatic rings. The van der Waals surface area contributed by atoms with E-state index in [9.17, 15) is 35.9 Å². The third-order valence-electron chi connectivity index (χ3n) is 6.05. The van der Waals surface area contributed by atoms with Crippen LogP contribution in [0.4, 0.5) is 36.8 Å². The fourth-order valence-electron chi connectivity index (χ4n) is 4.13. The Hall–Kier alpha value is -3.86. The van der Waals surface area contributed by atoms with Crippen molar-refractivity contribution in [3.05, 3.63) is 101 Å². The Bertz CT molecular complexity index is 1370. The van der Waals surface area contributed by atoms with Crippen molar-refractivity contribution in [3.8, 4) is 0 Å². The van der Waals surface area contributed by atoms with E-state index in [0.717, 1.165) is 0 Å². The van der Waals surface area contributed by atoms with Gasteiger partial charge in [-0.05, 0) is 54.4 Å². The summed E-state index contributed by atoms with van der Waals surface area (Å²) in [7, 11) is 0. The maximum absolute atomic E-state index is 13.5. The topological polar surface area (TPSA) is 53.0 Å². The largest absolute Gasteiger partial charge is 0.472 e. The summed E-state index contributed by atoms with van der Waals surface area (Å²) in [5, 5.41) is 5.43. The van der Waals surface area contributed by atoms with Gasteiger partial charge < -0.3 is 0 Å². The highest BCUT2D eigenvalue weighted by molar-refractivity contribution is 6.30. The van der Waals surface area contributed by atoms with Crippen LogP contribution in [0.2, 0.25) is 5.02 Å². The molecule has 3 amide bonds. The summed E-state index contributed by atoms with van der Waals surface area (Å²) in [6.07, 6.45) is -10.3. The molecular formula is C26H18ClF6N3O2. The van der Waals surface area contributed by atoms with Gasteiger partial charge in [-0.3, -0.25) is 4.79 Å². The van der Waals surface area contributed by atoms with Gasteiger partial charge in [-0.15, -0.1) is 0 Å². The van der Waals surface area contributed by atoms with Gasteiger partial charge in [0.2, 0.25) is 0 Å². The standard InChI is InChI=1S/C26H18ClF6N3O2/c1-24(17-5-3-2-4-6-17)15-35(34-21(24)16-7-11-19(27)12-8-16)23(38)36(22(37)26(31,32)33)20-13-9-18(10-14-20)25(28,29)30/h2-14H,15H2,1H3. The van der Waals surface area contributed by atoms with Crippen LogP contribution in [0.1, 0.15) is 23.6 Å². The number of halogens is 7. The number of nitrogens with zero attached hydrogens (tertiary/aromatic N) is 3. The smallest absolute Gasteiger partial charge is 0.263 e. The van der Waals surface area contributed by atoms with Gasteiger partial charge in [0.05, 0.1) is 28.9 Å². The number of hydrazone groups is 1. The molecule has 1 unspecified atom stereocenters. The molecule has 3 aromatic carbocycles. The van der Waals surface area contributed by atoms with Crippen LogP contribution >= 0.6 is 11.6 Å². The van der Waals surface area contributed by atoms with E-state index in [0.29, 0.717) is 51.1 Å². The summed E-state index contributed by atoms with van der Waals surface area (Å²) in [5.41, 5.74) is -1.33. The molecule has 12 heteroatoms. The molecule has 0 saturated heterocycles. The molecule has 0 aromatic heterocycles. The van der Waals surface area contributed by atoms with Gasteiger partial charge in [-0.25, -0.2) is 14.7 Å². The summed E-state index contributed by atoms with van der Waals surface area (Å²) in [4.78, 5) is 25.6. The quantitative estimate of drug-likeness (QED) is 0.326. The minimum absolute atomic E-state index is 0.222. The fraction of sp³-hybridized carbons (Fsp3) is 0.192. The number of alkyl halides is 6. The second-order valence-electron chi connectivity index (χ2n) is 8.68. The van der Waals surface area contributed by atoms with Crippen LogP contribution in [0.15, 0.2) is 84.0 Å². The Morgan fingerprint density at radius 1 is 0.895 bits per heavy atom. The van der Waals surface area contributed by atoms with Gasteiger partial charge in [-0.1, -0.05) is 54.1 Å². The second-order valence-corrected chi connectivity index (χ2v) is 9.11. The molecule has 0 N–H and O–H groups in total. The second kappa shape index (κ2) is 9.79. The van der Waals surface area contributed by atoms with Gasteiger partial charge in [0, 0.05) is 5.02 Å². The van der Waals surface area contributed by atoms with Gasteiger partial charge in [0.1, 0.15) is 0 Å². The fourth-order valence-corrected chi connectivity index (χ4v) is 4.25. The average molecular weight is 554 g/mol. The van der Waals surface area contributed by atoms with E-state index in [1.54, 1.807) is 61.5 Å². The van der Waals surface area contributed by atoms with Crippen LogP contribution in [0.25, 0.3) is 0 Å². The third-order valence-corrected chi connectivity index (χ3v) is 6.30. The van der Waals surface area contributed by atoms with Crippen molar-refractivity contribution in [1.82, 2.24) is 5.01 Å². The molecule has 1 aliphatic heterocycles. The highest BCUT2D eigenvalue weighted by Crippen LogP contribution is 2.37. The van der Waals surface area contributed by atoms with Crippen LogP contribution in [0.3, 0.4) is 0 Å². The van der Waals surface area contributed by atoms with Crippen LogP contribution in [-0.2, 0) is 16.4 Å². The van der Waals surface area contributed by atoms with Crippen LogP contribution in [0.5, 0.6) is 0 Å². The molecule has 0 aliphatic carbocycles. The summed E-state index contributed by atoms with van der Waals surface area (Å²) in [6.45, 7) is 1.48. The van der Waals surface area contributed by atoms with Crippen molar-refractivity contribution in [3.63, 3.8) is 0 Å². The lowest BCUT2D eigenvalue weighted by molar-refractivity contribution is -0.169. The minimum Gasteiger partial charge on any atom is -0.263 e. The van der Waals surface area contributed by atoms with E-state index < -0.39 is 41.0 Å². The molecule has 0 spiro atoms. The van der Waals surface area contributed by atoms with E-state index in [2.05, 4.69) is 5.10 Å². The molecule has 38 heavy (non-hydrogen) atoms. The summed E-state index contributed by atoms with van der Waals surface area (Å²) in [6, 6.07) is 15.9. The van der Waals surface area contributed by atoms with Gasteiger partial charge in [0.15, 0.2) is 0 Å². The molecule has 1 heterocycles. The summed E-state index contributed by atoms with van der Waals surface area (Å²) < 4.78 is 79.5. The average Bonchev–Trinajstić information content (AvgIpc) is 3.23. The number of urea groups is 1. The van der Waals surface area contributed by atoms with E-state index in [1.165, 1.54) is 0 Å². The van der Waals surface area contributed by atoms with E-state index >= 15 is 0 Å². The zero-order valence-electron chi connectivity index (χ0n) is 19.5. The first kappa shape index (κ1) is 27.2. The van der Waals surface area contributed by atoms with Crippen LogP contribution in [-0.4, -0.2) is 35.4 Å². The number of imide groups is 1. The van der Waals surface area contributed by atoms with Crippen molar-refractivity contribution >= 4 is 34.9 Å². The molecule has 5 nitrogen and oxygen atoms in total. The highest BCUT2D eigenvalue weighted by Gasteiger charge is 2.50. The number of amides is 3. The molecule has 3 aromatic rings. The third kappa shape index (κ3) is 5.24. The predicted octanol–water partition coefficient (Wildman–Crippen LogP) is 7.05. The monoisotopic (exact) mass is 553 g/mol. The summed E-state index contributed by atoms with van der Waals surface area (Å²) in [5.74, 6) is -2.57. The molecular weight excluding hydrogens is 536 g/mol. The minimum atomic E-state index is -5.50. The number of benzene rings is 3. The SMILES string of the molecule is CC1(c2ccccc2)CN(C(=O)N(C(=O)C(F)(F)F)c2ccc(C(F)(F)F)cc2)N=C1c1ccc(Cl)cc1. The number of carbonyl (C=O) groups excluding carboxylic acids is 2. The molecule has 0 bridgehead atoms. The lowest BCUT2D eigenvalue weighted by Gasteiger charge is -2.29. The van der Waals surface area contributed by atoms with E-state index in [-0.39, 0.29) is 11.4 Å². The van der Waals surface area contributed by atoms with Crippen molar-refractivity contribution in [2.45, 2.75) is 24.7 Å². The maximum Gasteiger partial charge on any atom is 0.472 e. The van der Waals surface area contributed by atoms with Crippen molar-refractivity contribution in [2.75, 3.05) is 11.4 Å². The van der Waals surface area contributed by atoms with Crippen LogP contribution in [0, 0.1) is 0 Å². The van der Waals surface area contributed by atoms with Crippen molar-refractivity contribution in [2.24, 2.45) is 5.10 Å². The first-order chi connectivity index (χ1) is 17.7. The Balaban J connectivity index is 1.80. The first-order valence-corrected chi connectivity index (χ1v) is 11.4. The van der Waals surface area contributed by atoms with Gasteiger partial charge in [-0.2, -0.15) is 31.4 Å². The molecule has 4 rings (SSSR count). The highest BCUT2D eigenvalue weighted by atomic mass is 35.5. The maximum atomic E-state index is 13.5. The van der Waals surface area contributed by atoms with Gasteiger partial charge >= 0.3 is 24.3 Å². The molecule has 1 atom stereocenters. The Morgan fingerprint density at radius 3 is 2.00 bits per heavy atom. The van der Waals surface area contributed by atoms with Crippen molar-refractivity contribution < 1.29 is 35.9 Å². The molecule has 0 saturated carbocycles. The predicted molar refractivity (Wildman–Crippen MR) is 129 cm³/mol. The Morgan fingerprint density at radius 2 is 1.47 bits per heavy atom. The Kier molecular flexibility index (Phi) is 7.00. The molecule has 0 fully saturated rings.